The van der Waals surface area contributed by atoms with E-state index < -0.39 is 11.9 Å². The molecule has 1 aromatic heterocycles. The molecule has 0 aliphatic carbocycles. The van der Waals surface area contributed by atoms with Crippen LogP contribution in [0.15, 0.2) is 36.7 Å². The molecule has 0 bridgehead atoms. The zero-order valence-corrected chi connectivity index (χ0v) is 19.7. The van der Waals surface area contributed by atoms with Gasteiger partial charge >= 0.3 is 12.2 Å². The van der Waals surface area contributed by atoms with Crippen LogP contribution in [0, 0.1) is 0 Å². The fourth-order valence-electron chi connectivity index (χ4n) is 4.44. The molecule has 1 aromatic carbocycles. The Balaban J connectivity index is 1.23. The van der Waals surface area contributed by atoms with Gasteiger partial charge in [0.15, 0.2) is 5.69 Å². The zero-order chi connectivity index (χ0) is 24.3. The Kier molecular flexibility index (Phi) is 7.47. The molecule has 0 saturated carbocycles. The Hall–Kier alpha value is -2.59. The highest BCUT2D eigenvalue weighted by molar-refractivity contribution is 6.30. The summed E-state index contributed by atoms with van der Waals surface area (Å²) in [5.41, 5.74) is 0.206. The molecule has 2 aliphatic rings. The van der Waals surface area contributed by atoms with Gasteiger partial charge in [0, 0.05) is 56.4 Å². The first kappa shape index (κ1) is 24.5. The highest BCUT2D eigenvalue weighted by atomic mass is 35.5. The number of anilines is 1. The van der Waals surface area contributed by atoms with Crippen molar-refractivity contribution >= 4 is 23.4 Å². The molecular weight excluding hydrogens is 469 g/mol. The van der Waals surface area contributed by atoms with Gasteiger partial charge in [0.2, 0.25) is 0 Å². The number of nitrogens with one attached hydrogen (secondary N) is 1. The number of halogens is 4. The lowest BCUT2D eigenvalue weighted by atomic mass is 10.0. The van der Waals surface area contributed by atoms with Gasteiger partial charge in [0.05, 0.1) is 12.4 Å². The van der Waals surface area contributed by atoms with E-state index in [0.29, 0.717) is 25.5 Å². The molecule has 2 aliphatic heterocycles. The van der Waals surface area contributed by atoms with Gasteiger partial charge in [0.1, 0.15) is 5.82 Å². The molecule has 0 radical (unpaired) electrons. The Labute approximate surface area is 201 Å². The first-order valence-corrected chi connectivity index (χ1v) is 11.7. The molecule has 3 heterocycles. The Morgan fingerprint density at radius 1 is 1.09 bits per heavy atom. The minimum absolute atomic E-state index is 0.0956. The van der Waals surface area contributed by atoms with Crippen molar-refractivity contribution in [3.63, 3.8) is 0 Å². The van der Waals surface area contributed by atoms with E-state index in [4.69, 9.17) is 11.6 Å². The number of carbonyl (C=O) groups is 1. The summed E-state index contributed by atoms with van der Waals surface area (Å²) in [6.07, 6.45) is -0.854. The van der Waals surface area contributed by atoms with Gasteiger partial charge in [-0.05, 0) is 37.5 Å². The van der Waals surface area contributed by atoms with Crippen LogP contribution in [0.2, 0.25) is 5.02 Å². The maximum absolute atomic E-state index is 12.9. The number of benzene rings is 1. The van der Waals surface area contributed by atoms with E-state index >= 15 is 0 Å². The topological polar surface area (TPSA) is 64.6 Å². The number of piperidine rings is 1. The number of alkyl halides is 3. The number of aromatic nitrogens is 2. The fraction of sp³-hybridized carbons (Fsp3) is 0.522. The van der Waals surface area contributed by atoms with E-state index in [9.17, 15) is 18.0 Å². The third-order valence-electron chi connectivity index (χ3n) is 6.38. The van der Waals surface area contributed by atoms with E-state index in [2.05, 4.69) is 20.2 Å². The van der Waals surface area contributed by atoms with Gasteiger partial charge in [-0.3, -0.25) is 4.90 Å². The van der Waals surface area contributed by atoms with Crippen LogP contribution in [-0.2, 0) is 12.7 Å². The summed E-state index contributed by atoms with van der Waals surface area (Å²) < 4.78 is 38.1. The van der Waals surface area contributed by atoms with Crippen molar-refractivity contribution in [1.82, 2.24) is 25.1 Å². The third kappa shape index (κ3) is 6.09. The summed E-state index contributed by atoms with van der Waals surface area (Å²) in [4.78, 5) is 26.3. The second kappa shape index (κ2) is 10.4. The van der Waals surface area contributed by atoms with Crippen molar-refractivity contribution in [3.05, 3.63) is 52.9 Å². The smallest absolute Gasteiger partial charge is 0.352 e. The van der Waals surface area contributed by atoms with Crippen molar-refractivity contribution in [3.8, 4) is 0 Å². The molecule has 11 heteroatoms. The summed E-state index contributed by atoms with van der Waals surface area (Å²) in [6, 6.07) is 7.79. The van der Waals surface area contributed by atoms with Gasteiger partial charge in [-0.2, -0.15) is 13.2 Å². The summed E-state index contributed by atoms with van der Waals surface area (Å²) in [6.45, 7) is 6.03. The minimum atomic E-state index is -4.51. The van der Waals surface area contributed by atoms with Crippen LogP contribution >= 0.6 is 11.6 Å². The van der Waals surface area contributed by atoms with Gasteiger partial charge in [-0.15, -0.1) is 0 Å². The lowest BCUT2D eigenvalue weighted by molar-refractivity contribution is -0.141. The number of piperazine rings is 1. The molecule has 1 atom stereocenters. The zero-order valence-electron chi connectivity index (χ0n) is 18.9. The molecule has 2 aromatic rings. The van der Waals surface area contributed by atoms with Crippen molar-refractivity contribution in [2.24, 2.45) is 0 Å². The molecule has 1 N–H and O–H groups in total. The Morgan fingerprint density at radius 2 is 1.79 bits per heavy atom. The summed E-state index contributed by atoms with van der Waals surface area (Å²) in [5.74, 6) is 0.382. The number of amides is 2. The fourth-order valence-corrected chi connectivity index (χ4v) is 4.57. The second-order valence-corrected chi connectivity index (χ2v) is 9.31. The van der Waals surface area contributed by atoms with Gasteiger partial charge in [-0.1, -0.05) is 23.7 Å². The number of hydrogen-bond donors (Lipinski definition) is 1. The predicted molar refractivity (Wildman–Crippen MR) is 124 cm³/mol. The Morgan fingerprint density at radius 3 is 2.38 bits per heavy atom. The van der Waals surface area contributed by atoms with Gasteiger partial charge < -0.3 is 15.1 Å². The molecule has 4 rings (SSSR count). The molecule has 2 amide bonds. The quantitative estimate of drug-likeness (QED) is 0.692. The van der Waals surface area contributed by atoms with Crippen molar-refractivity contribution in [1.29, 1.82) is 0 Å². The summed E-state index contributed by atoms with van der Waals surface area (Å²) >= 11 is 5.95. The van der Waals surface area contributed by atoms with E-state index in [-0.39, 0.29) is 18.1 Å². The lowest BCUT2D eigenvalue weighted by Gasteiger charge is -2.41. The van der Waals surface area contributed by atoms with Gasteiger partial charge in [-0.25, -0.2) is 14.8 Å². The van der Waals surface area contributed by atoms with Crippen molar-refractivity contribution in [2.75, 3.05) is 37.6 Å². The van der Waals surface area contributed by atoms with Gasteiger partial charge in [0.25, 0.3) is 0 Å². The maximum Gasteiger partial charge on any atom is 0.434 e. The number of rotatable bonds is 4. The van der Waals surface area contributed by atoms with E-state index in [1.165, 1.54) is 5.56 Å². The average Bonchev–Trinajstić information content (AvgIpc) is 2.81. The normalized spacial score (nSPS) is 20.4. The minimum Gasteiger partial charge on any atom is -0.352 e. The predicted octanol–water partition coefficient (Wildman–Crippen LogP) is 4.03. The number of likely N-dealkylation sites (tertiary alicyclic amines) is 1. The monoisotopic (exact) mass is 496 g/mol. The average molecular weight is 497 g/mol. The van der Waals surface area contributed by atoms with Crippen LogP contribution in [0.3, 0.4) is 0 Å². The molecular formula is C23H28ClF3N6O. The Bertz CT molecular complexity index is 964. The molecule has 184 valence electrons. The standard InChI is InChI=1S/C23H28ClF3N6O/c1-16-14-32(21-13-28-20(12-29-21)23(25,26)27)10-11-33(16)22(34)30-19-6-8-31(9-7-19)15-17-2-4-18(24)5-3-17/h2-5,12-13,16,19H,6-11,14-15H2,1H3,(H,30,34)/t16-/m1/s1. The molecule has 2 fully saturated rings. The first-order valence-electron chi connectivity index (χ1n) is 11.4. The van der Waals surface area contributed by atoms with Crippen LogP contribution in [0.1, 0.15) is 31.0 Å². The number of hydrogen-bond acceptors (Lipinski definition) is 5. The summed E-state index contributed by atoms with van der Waals surface area (Å²) in [5, 5.41) is 3.89. The van der Waals surface area contributed by atoms with Crippen LogP contribution < -0.4 is 10.2 Å². The maximum atomic E-state index is 12.9. The third-order valence-corrected chi connectivity index (χ3v) is 6.63. The van der Waals surface area contributed by atoms with Crippen molar-refractivity contribution < 1.29 is 18.0 Å². The van der Waals surface area contributed by atoms with Crippen molar-refractivity contribution in [2.45, 2.75) is 44.6 Å². The molecule has 2 saturated heterocycles. The summed E-state index contributed by atoms with van der Waals surface area (Å²) in [7, 11) is 0. The van der Waals surface area contributed by atoms with E-state index in [0.717, 1.165) is 49.9 Å². The van der Waals surface area contributed by atoms with Crippen LogP contribution in [0.4, 0.5) is 23.8 Å². The number of carbonyl (C=O) groups excluding carboxylic acids is 1. The highest BCUT2D eigenvalue weighted by Crippen LogP contribution is 2.27. The largest absolute Gasteiger partial charge is 0.434 e. The molecule has 7 nitrogen and oxygen atoms in total. The van der Waals surface area contributed by atoms with E-state index in [1.54, 1.807) is 4.90 Å². The van der Waals surface area contributed by atoms with Crippen LogP contribution in [0.5, 0.6) is 0 Å². The lowest BCUT2D eigenvalue weighted by Crippen LogP contribution is -2.58. The van der Waals surface area contributed by atoms with Crippen LogP contribution in [-0.4, -0.2) is 70.6 Å². The number of nitrogens with zero attached hydrogens (tertiary/aromatic N) is 5. The SMILES string of the molecule is C[C@@H]1CN(c2cnc(C(F)(F)F)cn2)CCN1C(=O)NC1CCN(Cc2ccc(Cl)cc2)CC1. The second-order valence-electron chi connectivity index (χ2n) is 8.87. The highest BCUT2D eigenvalue weighted by Gasteiger charge is 2.34. The number of urea groups is 1. The van der Waals surface area contributed by atoms with Crippen LogP contribution in [0.25, 0.3) is 0 Å². The van der Waals surface area contributed by atoms with E-state index in [1.807, 2.05) is 36.1 Å². The molecule has 34 heavy (non-hydrogen) atoms. The first-order chi connectivity index (χ1) is 16.2. The molecule has 0 unspecified atom stereocenters. The molecule has 0 spiro atoms.